The number of hydrogen-bond donors (Lipinski definition) is 1. The first-order valence-corrected chi connectivity index (χ1v) is 14.5. The van der Waals surface area contributed by atoms with Crippen molar-refractivity contribution in [3.63, 3.8) is 0 Å². The maximum atomic E-state index is 7.42. The Balaban J connectivity index is 1.50. The van der Waals surface area contributed by atoms with Gasteiger partial charge in [0.05, 0.1) is 5.70 Å². The van der Waals surface area contributed by atoms with Gasteiger partial charge >= 0.3 is 0 Å². The van der Waals surface area contributed by atoms with Crippen LogP contribution >= 0.6 is 0 Å². The zero-order valence-electron chi connectivity index (χ0n) is 25.0. The number of allylic oxidation sites excluding steroid dienone is 5. The van der Waals surface area contributed by atoms with E-state index in [2.05, 4.69) is 88.3 Å². The van der Waals surface area contributed by atoms with E-state index in [9.17, 15) is 0 Å². The third-order valence-corrected chi connectivity index (χ3v) is 7.30. The summed E-state index contributed by atoms with van der Waals surface area (Å²) in [5.74, 6) is 0. The van der Waals surface area contributed by atoms with Gasteiger partial charge in [-0.1, -0.05) is 85.0 Å². The fourth-order valence-corrected chi connectivity index (χ4v) is 4.86. The van der Waals surface area contributed by atoms with Gasteiger partial charge in [0.2, 0.25) is 0 Å². The molecule has 3 aromatic carbocycles. The van der Waals surface area contributed by atoms with Crippen molar-refractivity contribution in [2.45, 2.75) is 13.8 Å². The van der Waals surface area contributed by atoms with E-state index in [0.29, 0.717) is 0 Å². The van der Waals surface area contributed by atoms with E-state index >= 15 is 0 Å². The van der Waals surface area contributed by atoms with Gasteiger partial charge in [0.25, 0.3) is 0 Å². The molecular formula is C40H34N4. The molecule has 214 valence electrons. The van der Waals surface area contributed by atoms with Crippen LogP contribution in [0.2, 0.25) is 0 Å². The number of pyridine rings is 2. The quantitative estimate of drug-likeness (QED) is 0.134. The van der Waals surface area contributed by atoms with Crippen molar-refractivity contribution < 1.29 is 0 Å². The summed E-state index contributed by atoms with van der Waals surface area (Å²) in [6, 6.07) is 31.3. The van der Waals surface area contributed by atoms with Crippen LogP contribution < -0.4 is 0 Å². The van der Waals surface area contributed by atoms with Gasteiger partial charge in [-0.3, -0.25) is 15.0 Å². The summed E-state index contributed by atoms with van der Waals surface area (Å²) in [6.07, 6.45) is 18.3. The molecular weight excluding hydrogens is 536 g/mol. The van der Waals surface area contributed by atoms with Crippen molar-refractivity contribution in [2.24, 2.45) is 4.99 Å². The predicted octanol–water partition coefficient (Wildman–Crippen LogP) is 10.2. The fourth-order valence-electron chi connectivity index (χ4n) is 4.86. The number of aromatic nitrogens is 2. The Hall–Kier alpha value is -5.74. The van der Waals surface area contributed by atoms with E-state index in [1.807, 2.05) is 74.8 Å². The third kappa shape index (κ3) is 7.36. The molecule has 44 heavy (non-hydrogen) atoms. The highest BCUT2D eigenvalue weighted by molar-refractivity contribution is 6.16. The summed E-state index contributed by atoms with van der Waals surface area (Å²) in [4.78, 5) is 13.2. The van der Waals surface area contributed by atoms with E-state index in [1.54, 1.807) is 12.4 Å². The molecule has 2 heterocycles. The highest BCUT2D eigenvalue weighted by atomic mass is 14.7. The number of benzene rings is 3. The lowest BCUT2D eigenvalue weighted by atomic mass is 9.93. The molecule has 0 radical (unpaired) electrons. The molecule has 1 N–H and O–H groups in total. The molecule has 0 aliphatic carbocycles. The number of aliphatic imine (C=N–C) groups is 1. The molecule has 0 amide bonds. The van der Waals surface area contributed by atoms with Crippen LogP contribution in [0.15, 0.2) is 151 Å². The van der Waals surface area contributed by atoms with Crippen LogP contribution in [0.5, 0.6) is 0 Å². The first kappa shape index (κ1) is 29.7. The van der Waals surface area contributed by atoms with Gasteiger partial charge in [-0.05, 0) is 95.3 Å². The van der Waals surface area contributed by atoms with E-state index in [1.165, 1.54) is 12.4 Å². The minimum absolute atomic E-state index is 0.801. The summed E-state index contributed by atoms with van der Waals surface area (Å²) in [5.41, 5.74) is 12.4. The molecule has 2 aromatic heterocycles. The molecule has 0 atom stereocenters. The van der Waals surface area contributed by atoms with Gasteiger partial charge < -0.3 is 5.41 Å². The van der Waals surface area contributed by atoms with Gasteiger partial charge in [0.1, 0.15) is 0 Å². The molecule has 4 heteroatoms. The summed E-state index contributed by atoms with van der Waals surface area (Å²) < 4.78 is 0. The Labute approximate surface area is 259 Å². The van der Waals surface area contributed by atoms with Crippen molar-refractivity contribution in [3.8, 4) is 33.4 Å². The normalized spacial score (nSPS) is 12.1. The van der Waals surface area contributed by atoms with Gasteiger partial charge in [0, 0.05) is 53.9 Å². The van der Waals surface area contributed by atoms with Crippen LogP contribution in [0.25, 0.3) is 50.7 Å². The molecule has 0 fully saturated rings. The van der Waals surface area contributed by atoms with E-state index in [-0.39, 0.29) is 0 Å². The van der Waals surface area contributed by atoms with Crippen LogP contribution in [0, 0.1) is 5.41 Å². The fraction of sp³-hybridized carbons (Fsp3) is 0.0500. The standard InChI is InChI=1S/C40H34N4/c1-4-29(2)22-40(44-21-18-41)39-15-6-5-10-31(39)17-16-30(3)32-11-7-12-33(23-32)36-24-37(34-13-8-19-42-27-34)26-38(25-36)35-14-9-20-43-28-35/h4-28,41H,3H2,1-2H3/b17-16+,29-4+,40-22+,41-18?,44-21?. The molecule has 0 spiro atoms. The van der Waals surface area contributed by atoms with Crippen LogP contribution in [-0.2, 0) is 0 Å². The average molecular weight is 571 g/mol. The Kier molecular flexibility index (Phi) is 9.76. The monoisotopic (exact) mass is 570 g/mol. The second kappa shape index (κ2) is 14.4. The van der Waals surface area contributed by atoms with Gasteiger partial charge in [-0.2, -0.15) is 0 Å². The average Bonchev–Trinajstić information content (AvgIpc) is 3.09. The second-order valence-corrected chi connectivity index (χ2v) is 10.3. The number of rotatable bonds is 10. The first-order valence-electron chi connectivity index (χ1n) is 14.5. The predicted molar refractivity (Wildman–Crippen MR) is 188 cm³/mol. The summed E-state index contributed by atoms with van der Waals surface area (Å²) in [7, 11) is 0. The molecule has 5 aromatic rings. The van der Waals surface area contributed by atoms with E-state index < -0.39 is 0 Å². The maximum absolute atomic E-state index is 7.42. The zero-order chi connectivity index (χ0) is 30.7. The SMILES string of the molecule is C=C(/C=C/c1ccccc1/C(=C\C(C)=C\C)N=CC=N)c1cccc(-c2cc(-c3cccnc3)cc(-c3cccnc3)c2)c1. The first-order chi connectivity index (χ1) is 21.6. The number of nitrogens with zero attached hydrogens (tertiary/aromatic N) is 3. The van der Waals surface area contributed by atoms with E-state index in [4.69, 9.17) is 5.41 Å². The summed E-state index contributed by atoms with van der Waals surface area (Å²) >= 11 is 0. The highest BCUT2D eigenvalue weighted by Gasteiger charge is 2.10. The molecule has 0 aliphatic rings. The minimum atomic E-state index is 0.801. The molecule has 4 nitrogen and oxygen atoms in total. The summed E-state index contributed by atoms with van der Waals surface area (Å²) in [5, 5.41) is 7.42. The zero-order valence-corrected chi connectivity index (χ0v) is 25.0. The molecule has 0 saturated carbocycles. The Morgan fingerprint density at radius 1 is 0.750 bits per heavy atom. The van der Waals surface area contributed by atoms with Crippen LogP contribution in [0.4, 0.5) is 0 Å². The summed E-state index contributed by atoms with van der Waals surface area (Å²) in [6.45, 7) is 8.45. The lowest BCUT2D eigenvalue weighted by molar-refractivity contribution is 1.32. The van der Waals surface area contributed by atoms with Gasteiger partial charge in [0.15, 0.2) is 0 Å². The third-order valence-electron chi connectivity index (χ3n) is 7.30. The number of hydrogen-bond acceptors (Lipinski definition) is 4. The number of nitrogens with one attached hydrogen (secondary N) is 1. The van der Waals surface area contributed by atoms with Crippen molar-refractivity contribution in [1.29, 1.82) is 5.41 Å². The molecule has 0 saturated heterocycles. The van der Waals surface area contributed by atoms with Crippen molar-refractivity contribution in [3.05, 3.63) is 163 Å². The smallest absolute Gasteiger partial charge is 0.0711 e. The Morgan fingerprint density at radius 3 is 2.00 bits per heavy atom. The molecule has 0 aliphatic heterocycles. The molecule has 5 rings (SSSR count). The van der Waals surface area contributed by atoms with Crippen molar-refractivity contribution >= 4 is 29.8 Å². The second-order valence-electron chi connectivity index (χ2n) is 10.3. The minimum Gasteiger partial charge on any atom is -0.307 e. The van der Waals surface area contributed by atoms with Crippen LogP contribution in [0.1, 0.15) is 30.5 Å². The lowest BCUT2D eigenvalue weighted by Crippen LogP contribution is -1.90. The van der Waals surface area contributed by atoms with E-state index in [0.717, 1.165) is 66.9 Å². The lowest BCUT2D eigenvalue weighted by Gasteiger charge is -2.12. The molecule has 0 unspecified atom stereocenters. The largest absolute Gasteiger partial charge is 0.307 e. The van der Waals surface area contributed by atoms with Gasteiger partial charge in [-0.25, -0.2) is 0 Å². The topological polar surface area (TPSA) is 62.0 Å². The van der Waals surface area contributed by atoms with Crippen molar-refractivity contribution in [1.82, 2.24) is 9.97 Å². The maximum Gasteiger partial charge on any atom is 0.0711 e. The Morgan fingerprint density at radius 2 is 1.39 bits per heavy atom. The van der Waals surface area contributed by atoms with Crippen LogP contribution in [0.3, 0.4) is 0 Å². The highest BCUT2D eigenvalue weighted by Crippen LogP contribution is 2.33. The van der Waals surface area contributed by atoms with Crippen molar-refractivity contribution in [2.75, 3.05) is 0 Å². The Bertz CT molecular complexity index is 1840. The van der Waals surface area contributed by atoms with Crippen LogP contribution in [-0.4, -0.2) is 22.4 Å². The molecule has 0 bridgehead atoms. The van der Waals surface area contributed by atoms with Gasteiger partial charge in [-0.15, -0.1) is 0 Å².